The fourth-order valence-electron chi connectivity index (χ4n) is 1.73. The minimum absolute atomic E-state index is 0.121. The molecule has 0 saturated heterocycles. The largest absolute Gasteiger partial charge is 0.408 e. The van der Waals surface area contributed by atoms with E-state index in [1.807, 2.05) is 6.92 Å². The van der Waals surface area contributed by atoms with E-state index in [0.29, 0.717) is 0 Å². The molecule has 1 atom stereocenters. The van der Waals surface area contributed by atoms with E-state index in [9.17, 15) is 18.0 Å². The molecule has 8 heteroatoms. The smallest absolute Gasteiger partial charge is 0.315 e. The predicted molar refractivity (Wildman–Crippen MR) is 78.4 cm³/mol. The molecule has 0 unspecified atom stereocenters. The van der Waals surface area contributed by atoms with Gasteiger partial charge in [-0.2, -0.15) is 13.2 Å². The first kappa shape index (κ1) is 16.6. The topological polar surface area (TPSA) is 46.9 Å². The summed E-state index contributed by atoms with van der Waals surface area (Å²) in [5.74, 6) is 0. The van der Waals surface area contributed by atoms with Crippen molar-refractivity contribution in [2.75, 3.05) is 0 Å². The molecule has 0 fully saturated rings. The maximum absolute atomic E-state index is 13.2. The van der Waals surface area contributed by atoms with Crippen LogP contribution < -0.4 is 10.3 Å². The van der Waals surface area contributed by atoms with Crippen LogP contribution in [-0.2, 0) is 7.05 Å². The van der Waals surface area contributed by atoms with Gasteiger partial charge >= 0.3 is 6.18 Å². The lowest BCUT2D eigenvalue weighted by molar-refractivity contribution is -0.152. The van der Waals surface area contributed by atoms with E-state index >= 15 is 0 Å². The summed E-state index contributed by atoms with van der Waals surface area (Å²) in [5, 5.41) is 0.281. The number of nitrogens with one attached hydrogen (secondary N) is 1. The maximum atomic E-state index is 13.2. The molecule has 0 amide bonds. The normalized spacial score (nSPS) is 13.1. The molecule has 0 aliphatic heterocycles. The summed E-state index contributed by atoms with van der Waals surface area (Å²) in [6.45, 7) is 1.81. The van der Waals surface area contributed by atoms with Gasteiger partial charge in [0.1, 0.15) is 11.1 Å². The van der Waals surface area contributed by atoms with Gasteiger partial charge in [0, 0.05) is 13.2 Å². The molecule has 0 spiro atoms. The Morgan fingerprint density at radius 2 is 1.91 bits per heavy atom. The molecule has 0 bridgehead atoms. The minimum atomic E-state index is -4.44. The van der Waals surface area contributed by atoms with Gasteiger partial charge in [0.25, 0.3) is 5.56 Å². The van der Waals surface area contributed by atoms with Crippen molar-refractivity contribution in [2.45, 2.75) is 24.2 Å². The molecule has 0 saturated carbocycles. The molecule has 1 aromatic carbocycles. The van der Waals surface area contributed by atoms with Gasteiger partial charge in [-0.25, -0.2) is 9.71 Å². The number of halogens is 3. The van der Waals surface area contributed by atoms with Crippen LogP contribution in [0.5, 0.6) is 0 Å². The first-order valence-corrected chi connectivity index (χ1v) is 7.17. The monoisotopic (exact) mass is 329 g/mol. The fraction of sp³-hybridized carbons (Fsp3) is 0.286. The SMILES string of the molecule is Cc1ccc([C@@H](NSc2cn(C)c(=O)cn2)C(F)(F)F)cc1. The Balaban J connectivity index is 2.18. The van der Waals surface area contributed by atoms with Crippen molar-refractivity contribution in [1.82, 2.24) is 14.3 Å². The number of aryl methyl sites for hydroxylation is 2. The minimum Gasteiger partial charge on any atom is -0.315 e. The second kappa shape index (κ2) is 6.53. The van der Waals surface area contributed by atoms with E-state index in [-0.39, 0.29) is 16.1 Å². The number of nitrogens with zero attached hydrogens (tertiary/aromatic N) is 2. The Morgan fingerprint density at radius 1 is 1.27 bits per heavy atom. The van der Waals surface area contributed by atoms with Crippen LogP contribution in [0.3, 0.4) is 0 Å². The molecule has 0 aliphatic rings. The van der Waals surface area contributed by atoms with E-state index < -0.39 is 12.2 Å². The third-order valence-electron chi connectivity index (χ3n) is 2.97. The van der Waals surface area contributed by atoms with Gasteiger partial charge in [-0.15, -0.1) is 0 Å². The molecule has 2 aromatic rings. The summed E-state index contributed by atoms with van der Waals surface area (Å²) < 4.78 is 43.2. The Labute approximate surface area is 129 Å². The molecule has 1 N–H and O–H groups in total. The third kappa shape index (κ3) is 4.11. The molecule has 22 heavy (non-hydrogen) atoms. The number of benzene rings is 1. The summed E-state index contributed by atoms with van der Waals surface area (Å²) >= 11 is 0.736. The van der Waals surface area contributed by atoms with Crippen LogP contribution in [0.1, 0.15) is 17.2 Å². The molecule has 1 heterocycles. The van der Waals surface area contributed by atoms with Crippen LogP contribution in [0, 0.1) is 6.92 Å². The van der Waals surface area contributed by atoms with Crippen molar-refractivity contribution in [3.05, 3.63) is 58.1 Å². The van der Waals surface area contributed by atoms with Gasteiger partial charge < -0.3 is 4.57 Å². The highest BCUT2D eigenvalue weighted by Crippen LogP contribution is 2.35. The lowest BCUT2D eigenvalue weighted by atomic mass is 10.1. The Morgan fingerprint density at radius 3 is 2.45 bits per heavy atom. The van der Waals surface area contributed by atoms with Crippen LogP contribution in [0.15, 0.2) is 46.5 Å². The summed E-state index contributed by atoms with van der Waals surface area (Å²) in [7, 11) is 1.51. The summed E-state index contributed by atoms with van der Waals surface area (Å²) in [4.78, 5) is 15.0. The predicted octanol–water partition coefficient (Wildman–Crippen LogP) is 2.99. The molecular formula is C14H14F3N3OS. The van der Waals surface area contributed by atoms with Gasteiger partial charge in [0.2, 0.25) is 0 Å². The van der Waals surface area contributed by atoms with Crippen molar-refractivity contribution < 1.29 is 13.2 Å². The van der Waals surface area contributed by atoms with Crippen molar-refractivity contribution in [1.29, 1.82) is 0 Å². The molecule has 4 nitrogen and oxygen atoms in total. The molecule has 1 aromatic heterocycles. The van der Waals surface area contributed by atoms with E-state index in [2.05, 4.69) is 9.71 Å². The molecule has 0 radical (unpaired) electrons. The quantitative estimate of drug-likeness (QED) is 0.876. The molecule has 118 valence electrons. The summed E-state index contributed by atoms with van der Waals surface area (Å²) in [6, 6.07) is 4.32. The molecule has 2 rings (SSSR count). The van der Waals surface area contributed by atoms with E-state index in [0.717, 1.165) is 23.7 Å². The lowest BCUT2D eigenvalue weighted by Crippen LogP contribution is -2.30. The number of rotatable bonds is 4. The zero-order valence-electron chi connectivity index (χ0n) is 11.9. The third-order valence-corrected chi connectivity index (χ3v) is 3.75. The van der Waals surface area contributed by atoms with E-state index in [4.69, 9.17) is 0 Å². The van der Waals surface area contributed by atoms with Crippen molar-refractivity contribution in [3.63, 3.8) is 0 Å². The van der Waals surface area contributed by atoms with Crippen molar-refractivity contribution >= 4 is 11.9 Å². The van der Waals surface area contributed by atoms with Gasteiger partial charge in [-0.1, -0.05) is 29.8 Å². The number of aromatic nitrogens is 2. The zero-order chi connectivity index (χ0) is 16.3. The van der Waals surface area contributed by atoms with Crippen LogP contribution in [0.4, 0.5) is 13.2 Å². The number of alkyl halides is 3. The number of hydrogen-bond acceptors (Lipinski definition) is 4. The van der Waals surface area contributed by atoms with E-state index in [1.165, 1.54) is 29.9 Å². The first-order valence-electron chi connectivity index (χ1n) is 6.35. The highest BCUT2D eigenvalue weighted by atomic mass is 32.2. The maximum Gasteiger partial charge on any atom is 0.408 e. The lowest BCUT2D eigenvalue weighted by Gasteiger charge is -2.21. The average Bonchev–Trinajstić information content (AvgIpc) is 2.43. The van der Waals surface area contributed by atoms with Gasteiger partial charge in [-0.05, 0) is 24.4 Å². The van der Waals surface area contributed by atoms with Crippen molar-refractivity contribution in [2.24, 2.45) is 7.05 Å². The summed E-state index contributed by atoms with van der Waals surface area (Å²) in [6.07, 6.45) is -2.00. The summed E-state index contributed by atoms with van der Waals surface area (Å²) in [5.41, 5.74) is 0.683. The van der Waals surface area contributed by atoms with Crippen LogP contribution >= 0.6 is 11.9 Å². The fourth-order valence-corrected chi connectivity index (χ4v) is 2.55. The van der Waals surface area contributed by atoms with Gasteiger partial charge in [0.15, 0.2) is 0 Å². The highest BCUT2D eigenvalue weighted by Gasteiger charge is 2.40. The zero-order valence-corrected chi connectivity index (χ0v) is 12.7. The average molecular weight is 329 g/mol. The van der Waals surface area contributed by atoms with Crippen LogP contribution in [-0.4, -0.2) is 15.7 Å². The molecular weight excluding hydrogens is 315 g/mol. The number of hydrogen-bond donors (Lipinski definition) is 1. The Bertz CT molecular complexity index is 698. The van der Waals surface area contributed by atoms with Crippen LogP contribution in [0.2, 0.25) is 0 Å². The highest BCUT2D eigenvalue weighted by molar-refractivity contribution is 7.97. The van der Waals surface area contributed by atoms with Gasteiger partial charge in [0.05, 0.1) is 6.20 Å². The standard InChI is InChI=1S/C14H14F3N3OS/c1-9-3-5-10(6-4-9)13(14(15,16)17)19-22-11-8-20(2)12(21)7-18-11/h3-8,13,19H,1-2H3/t13-/m1/s1. The van der Waals surface area contributed by atoms with Crippen LogP contribution in [0.25, 0.3) is 0 Å². The van der Waals surface area contributed by atoms with Gasteiger partial charge in [-0.3, -0.25) is 4.79 Å². The first-order chi connectivity index (χ1) is 10.3. The second-order valence-corrected chi connectivity index (χ2v) is 5.64. The van der Waals surface area contributed by atoms with Crippen molar-refractivity contribution in [3.8, 4) is 0 Å². The Kier molecular flexibility index (Phi) is 4.92. The Hall–Kier alpha value is -1.80. The van der Waals surface area contributed by atoms with E-state index in [1.54, 1.807) is 12.1 Å². The second-order valence-electron chi connectivity index (χ2n) is 4.78. The molecule has 0 aliphatic carbocycles.